The van der Waals surface area contributed by atoms with Crippen molar-refractivity contribution in [2.75, 3.05) is 5.32 Å². The monoisotopic (exact) mass is 263 g/mol. The molecule has 4 heteroatoms. The lowest BCUT2D eigenvalue weighted by molar-refractivity contribution is -0.111. The van der Waals surface area contributed by atoms with Gasteiger partial charge in [-0.1, -0.05) is 36.9 Å². The smallest absolute Gasteiger partial charge is 0.247 e. The summed E-state index contributed by atoms with van der Waals surface area (Å²) >= 11 is 0. The Labute approximate surface area is 116 Å². The molecule has 0 unspecified atom stereocenters. The Hall–Kier alpha value is -2.88. The first-order chi connectivity index (χ1) is 9.78. The number of hydrogen-bond donors (Lipinski definition) is 2. The molecule has 1 heterocycles. The lowest BCUT2D eigenvalue weighted by atomic mass is 10.1. The molecule has 0 saturated carbocycles. The quantitative estimate of drug-likeness (QED) is 0.712. The van der Waals surface area contributed by atoms with E-state index < -0.39 is 0 Å². The molecule has 0 radical (unpaired) electrons. The van der Waals surface area contributed by atoms with Crippen LogP contribution in [-0.4, -0.2) is 16.1 Å². The van der Waals surface area contributed by atoms with Gasteiger partial charge in [-0.3, -0.25) is 9.89 Å². The lowest BCUT2D eigenvalue weighted by Crippen LogP contribution is -2.06. The zero-order valence-corrected chi connectivity index (χ0v) is 10.8. The van der Waals surface area contributed by atoms with Gasteiger partial charge in [0.2, 0.25) is 5.91 Å². The topological polar surface area (TPSA) is 57.8 Å². The summed E-state index contributed by atoms with van der Waals surface area (Å²) in [5.41, 5.74) is 3.53. The summed E-state index contributed by atoms with van der Waals surface area (Å²) in [7, 11) is 0. The fourth-order valence-corrected chi connectivity index (χ4v) is 2.12. The third kappa shape index (κ3) is 2.19. The van der Waals surface area contributed by atoms with Crippen molar-refractivity contribution in [2.45, 2.75) is 0 Å². The molecule has 0 aliphatic heterocycles. The number of anilines is 1. The molecule has 2 aromatic carbocycles. The third-order valence-corrected chi connectivity index (χ3v) is 3.06. The highest BCUT2D eigenvalue weighted by atomic mass is 16.1. The predicted molar refractivity (Wildman–Crippen MR) is 80.4 cm³/mol. The number of amides is 1. The minimum atomic E-state index is -0.228. The number of nitrogens with zero attached hydrogens (tertiary/aromatic N) is 1. The summed E-state index contributed by atoms with van der Waals surface area (Å²) in [6, 6.07) is 15.5. The first-order valence-electron chi connectivity index (χ1n) is 6.25. The van der Waals surface area contributed by atoms with Gasteiger partial charge in [0.25, 0.3) is 0 Å². The number of para-hydroxylation sites is 1. The van der Waals surface area contributed by atoms with Gasteiger partial charge in [0.05, 0.1) is 11.2 Å². The van der Waals surface area contributed by atoms with Crippen LogP contribution in [0.1, 0.15) is 0 Å². The molecular formula is C16H13N3O. The van der Waals surface area contributed by atoms with Crippen molar-refractivity contribution in [1.29, 1.82) is 0 Å². The SMILES string of the molecule is C=CC(=O)Nc1cccc(-c2n[nH]c3ccccc23)c1. The van der Waals surface area contributed by atoms with Crippen LogP contribution in [-0.2, 0) is 4.79 Å². The van der Waals surface area contributed by atoms with Crippen molar-refractivity contribution in [1.82, 2.24) is 10.2 Å². The van der Waals surface area contributed by atoms with E-state index in [1.807, 2.05) is 48.5 Å². The van der Waals surface area contributed by atoms with E-state index in [9.17, 15) is 4.79 Å². The maximum Gasteiger partial charge on any atom is 0.247 e. The highest BCUT2D eigenvalue weighted by Crippen LogP contribution is 2.27. The molecule has 4 nitrogen and oxygen atoms in total. The average molecular weight is 263 g/mol. The van der Waals surface area contributed by atoms with Crippen LogP contribution in [0.4, 0.5) is 5.69 Å². The van der Waals surface area contributed by atoms with Crippen LogP contribution in [0.25, 0.3) is 22.2 Å². The molecule has 0 spiro atoms. The summed E-state index contributed by atoms with van der Waals surface area (Å²) in [6.07, 6.45) is 1.25. The highest BCUT2D eigenvalue weighted by molar-refractivity contribution is 6.00. The van der Waals surface area contributed by atoms with Gasteiger partial charge < -0.3 is 5.32 Å². The number of hydrogen-bond acceptors (Lipinski definition) is 2. The van der Waals surface area contributed by atoms with E-state index in [4.69, 9.17) is 0 Å². The summed E-state index contributed by atoms with van der Waals surface area (Å²) in [4.78, 5) is 11.3. The first-order valence-corrected chi connectivity index (χ1v) is 6.25. The number of aromatic nitrogens is 2. The molecule has 3 rings (SSSR count). The van der Waals surface area contributed by atoms with Gasteiger partial charge in [-0.25, -0.2) is 0 Å². The number of nitrogens with one attached hydrogen (secondary N) is 2. The highest BCUT2D eigenvalue weighted by Gasteiger charge is 2.08. The Balaban J connectivity index is 2.04. The molecule has 0 fully saturated rings. The second kappa shape index (κ2) is 5.01. The number of carbonyl (C=O) groups is 1. The van der Waals surface area contributed by atoms with E-state index in [0.717, 1.165) is 27.8 Å². The van der Waals surface area contributed by atoms with E-state index in [2.05, 4.69) is 22.1 Å². The van der Waals surface area contributed by atoms with Gasteiger partial charge >= 0.3 is 0 Å². The van der Waals surface area contributed by atoms with Crippen LogP contribution in [0, 0.1) is 0 Å². The summed E-state index contributed by atoms with van der Waals surface area (Å²) in [5, 5.41) is 11.2. The molecule has 0 aliphatic rings. The van der Waals surface area contributed by atoms with Gasteiger partial charge in [-0.2, -0.15) is 5.10 Å². The van der Waals surface area contributed by atoms with E-state index in [0.29, 0.717) is 0 Å². The van der Waals surface area contributed by atoms with Gasteiger partial charge in [0.1, 0.15) is 0 Å². The molecule has 1 aromatic heterocycles. The molecular weight excluding hydrogens is 250 g/mol. The van der Waals surface area contributed by atoms with Crippen LogP contribution < -0.4 is 5.32 Å². The summed E-state index contributed by atoms with van der Waals surface area (Å²) in [5.74, 6) is -0.228. The second-order valence-electron chi connectivity index (χ2n) is 4.39. The number of H-pyrrole nitrogens is 1. The van der Waals surface area contributed by atoms with Crippen molar-refractivity contribution >= 4 is 22.5 Å². The molecule has 2 N–H and O–H groups in total. The third-order valence-electron chi connectivity index (χ3n) is 3.06. The number of benzene rings is 2. The standard InChI is InChI=1S/C16H13N3O/c1-2-15(20)17-12-7-5-6-11(10-12)16-13-8-3-4-9-14(13)18-19-16/h2-10H,1H2,(H,17,20)(H,18,19). The van der Waals surface area contributed by atoms with Crippen molar-refractivity contribution < 1.29 is 4.79 Å². The zero-order chi connectivity index (χ0) is 13.9. The maximum absolute atomic E-state index is 11.3. The Morgan fingerprint density at radius 3 is 2.90 bits per heavy atom. The Morgan fingerprint density at radius 2 is 2.05 bits per heavy atom. The molecule has 3 aromatic rings. The van der Waals surface area contributed by atoms with Crippen molar-refractivity contribution in [2.24, 2.45) is 0 Å². The fraction of sp³-hybridized carbons (Fsp3) is 0. The Kier molecular flexibility index (Phi) is 3.05. The number of carbonyl (C=O) groups excluding carboxylic acids is 1. The van der Waals surface area contributed by atoms with E-state index in [1.165, 1.54) is 6.08 Å². The minimum absolute atomic E-state index is 0.228. The maximum atomic E-state index is 11.3. The summed E-state index contributed by atoms with van der Waals surface area (Å²) in [6.45, 7) is 3.44. The molecule has 0 atom stereocenters. The molecule has 0 bridgehead atoms. The molecule has 0 aliphatic carbocycles. The van der Waals surface area contributed by atoms with Crippen LogP contribution in [0.3, 0.4) is 0 Å². The largest absolute Gasteiger partial charge is 0.323 e. The lowest BCUT2D eigenvalue weighted by Gasteiger charge is -2.04. The van der Waals surface area contributed by atoms with Crippen LogP contribution in [0.2, 0.25) is 0 Å². The Bertz CT molecular complexity index is 789. The molecule has 20 heavy (non-hydrogen) atoms. The van der Waals surface area contributed by atoms with Crippen molar-refractivity contribution in [3.63, 3.8) is 0 Å². The zero-order valence-electron chi connectivity index (χ0n) is 10.8. The van der Waals surface area contributed by atoms with Gasteiger partial charge in [0, 0.05) is 16.6 Å². The van der Waals surface area contributed by atoms with Gasteiger partial charge in [-0.05, 0) is 24.3 Å². The van der Waals surface area contributed by atoms with Gasteiger partial charge in [0.15, 0.2) is 0 Å². The molecule has 98 valence electrons. The fourth-order valence-electron chi connectivity index (χ4n) is 2.12. The molecule has 1 amide bonds. The van der Waals surface area contributed by atoms with Crippen LogP contribution in [0.15, 0.2) is 61.2 Å². The normalized spacial score (nSPS) is 10.4. The predicted octanol–water partition coefficient (Wildman–Crippen LogP) is 3.35. The van der Waals surface area contributed by atoms with E-state index in [-0.39, 0.29) is 5.91 Å². The van der Waals surface area contributed by atoms with Crippen molar-refractivity contribution in [3.8, 4) is 11.3 Å². The Morgan fingerprint density at radius 1 is 1.20 bits per heavy atom. The second-order valence-corrected chi connectivity index (χ2v) is 4.39. The average Bonchev–Trinajstić information content (AvgIpc) is 2.91. The molecule has 0 saturated heterocycles. The number of rotatable bonds is 3. The van der Waals surface area contributed by atoms with E-state index >= 15 is 0 Å². The number of aromatic amines is 1. The van der Waals surface area contributed by atoms with Crippen molar-refractivity contribution in [3.05, 3.63) is 61.2 Å². The van der Waals surface area contributed by atoms with Crippen LogP contribution >= 0.6 is 0 Å². The number of fused-ring (bicyclic) bond motifs is 1. The van der Waals surface area contributed by atoms with Crippen LogP contribution in [0.5, 0.6) is 0 Å². The van der Waals surface area contributed by atoms with Gasteiger partial charge in [-0.15, -0.1) is 0 Å². The minimum Gasteiger partial charge on any atom is -0.323 e. The summed E-state index contributed by atoms with van der Waals surface area (Å²) < 4.78 is 0. The van der Waals surface area contributed by atoms with E-state index in [1.54, 1.807) is 0 Å². The first kappa shape index (κ1) is 12.2.